The molecule has 0 aliphatic carbocycles. The molecule has 0 unspecified atom stereocenters. The fourth-order valence-electron chi connectivity index (χ4n) is 2.51. The summed E-state index contributed by atoms with van der Waals surface area (Å²) in [5, 5.41) is 18.5. The molecule has 1 heterocycles. The normalized spacial score (nSPS) is 12.4. The Labute approximate surface area is 155 Å². The monoisotopic (exact) mass is 363 g/mol. The fraction of sp³-hybridized carbons (Fsp3) is 0.150. The summed E-state index contributed by atoms with van der Waals surface area (Å²) in [6, 6.07) is 14.7. The number of nitrogens with zero attached hydrogens (tertiary/aromatic N) is 2. The van der Waals surface area contributed by atoms with Crippen LogP contribution in [0, 0.1) is 11.3 Å². The molecule has 3 rings (SSSR count). The maximum absolute atomic E-state index is 11.0. The number of hydrogen-bond acceptors (Lipinski definition) is 5. The second kappa shape index (κ2) is 7.62. The Kier molecular flexibility index (Phi) is 5.08. The van der Waals surface area contributed by atoms with Gasteiger partial charge in [0.15, 0.2) is 17.6 Å². The maximum Gasteiger partial charge on any atom is 0.344 e. The topological polar surface area (TPSA) is 108 Å². The van der Waals surface area contributed by atoms with E-state index < -0.39 is 12.1 Å². The zero-order chi connectivity index (χ0) is 19.4. The number of carboxylic acids is 1. The number of nitriles is 1. The Morgan fingerprint density at radius 1 is 1.30 bits per heavy atom. The van der Waals surface area contributed by atoms with Crippen LogP contribution in [0.15, 0.2) is 42.5 Å². The number of carboxylic acid groups (broad SMARTS) is 1. The van der Waals surface area contributed by atoms with Gasteiger partial charge in [0.25, 0.3) is 0 Å². The van der Waals surface area contributed by atoms with Crippen LogP contribution in [-0.4, -0.2) is 34.3 Å². The highest BCUT2D eigenvalue weighted by Gasteiger charge is 2.16. The number of aromatic amines is 1. The highest BCUT2D eigenvalue weighted by molar-refractivity contribution is 5.90. The number of carbonyl (C=O) groups is 1. The van der Waals surface area contributed by atoms with Gasteiger partial charge in [-0.15, -0.1) is 0 Å². The van der Waals surface area contributed by atoms with Crippen LogP contribution in [0.3, 0.4) is 0 Å². The number of methoxy groups -OCH3 is 1. The summed E-state index contributed by atoms with van der Waals surface area (Å²) in [5.74, 6) is 0.0840. The van der Waals surface area contributed by atoms with Crippen LogP contribution in [0.4, 0.5) is 0 Å². The number of para-hydroxylation sites is 2. The molecule has 0 amide bonds. The molecule has 0 aliphatic heterocycles. The molecule has 2 aromatic carbocycles. The van der Waals surface area contributed by atoms with Crippen LogP contribution in [0.5, 0.6) is 11.5 Å². The lowest BCUT2D eigenvalue weighted by atomic mass is 10.1. The van der Waals surface area contributed by atoms with Crippen molar-refractivity contribution in [2.75, 3.05) is 7.11 Å². The minimum atomic E-state index is -1.07. The van der Waals surface area contributed by atoms with Gasteiger partial charge >= 0.3 is 5.97 Å². The van der Waals surface area contributed by atoms with Crippen molar-refractivity contribution in [1.82, 2.24) is 9.97 Å². The summed E-state index contributed by atoms with van der Waals surface area (Å²) in [4.78, 5) is 18.5. The van der Waals surface area contributed by atoms with E-state index in [1.54, 1.807) is 24.3 Å². The van der Waals surface area contributed by atoms with Gasteiger partial charge in [-0.05, 0) is 42.8 Å². The molecule has 1 atom stereocenters. The first-order valence-electron chi connectivity index (χ1n) is 8.16. The van der Waals surface area contributed by atoms with Crippen LogP contribution in [-0.2, 0) is 4.79 Å². The van der Waals surface area contributed by atoms with Crippen molar-refractivity contribution in [3.05, 3.63) is 53.9 Å². The Balaban J connectivity index is 1.94. The van der Waals surface area contributed by atoms with Gasteiger partial charge in [0.2, 0.25) is 0 Å². The number of imidazole rings is 1. The van der Waals surface area contributed by atoms with Gasteiger partial charge in [0, 0.05) is 0 Å². The van der Waals surface area contributed by atoms with Gasteiger partial charge in [-0.3, -0.25) is 0 Å². The second-order valence-corrected chi connectivity index (χ2v) is 5.78. The van der Waals surface area contributed by atoms with Crippen molar-refractivity contribution >= 4 is 28.7 Å². The Bertz CT molecular complexity index is 1030. The standard InChI is InChI=1S/C20H17N3O4/c1-12(20(24)25)27-17-8-7-13(10-18(17)26-2)9-14(11-21)19-22-15-5-3-4-6-16(15)23-19/h3-10,12H,1-2H3,(H,22,23)(H,24,25)/b14-9+/t12-/m1/s1. The molecule has 3 aromatic rings. The van der Waals surface area contributed by atoms with E-state index in [-0.39, 0.29) is 0 Å². The van der Waals surface area contributed by atoms with Crippen LogP contribution >= 0.6 is 0 Å². The number of nitrogens with one attached hydrogen (secondary N) is 1. The quantitative estimate of drug-likeness (QED) is 0.649. The molecule has 0 aliphatic rings. The molecule has 0 radical (unpaired) electrons. The fourth-order valence-corrected chi connectivity index (χ4v) is 2.51. The summed E-state index contributed by atoms with van der Waals surface area (Å²) >= 11 is 0. The molecule has 0 saturated heterocycles. The van der Waals surface area contributed by atoms with E-state index in [0.717, 1.165) is 11.0 Å². The Morgan fingerprint density at radius 3 is 2.74 bits per heavy atom. The number of aromatic nitrogens is 2. The first-order chi connectivity index (χ1) is 13.0. The third-order valence-electron chi connectivity index (χ3n) is 3.92. The molecule has 7 nitrogen and oxygen atoms in total. The van der Waals surface area contributed by atoms with E-state index in [0.29, 0.717) is 28.5 Å². The molecule has 0 spiro atoms. The van der Waals surface area contributed by atoms with Crippen molar-refractivity contribution < 1.29 is 19.4 Å². The number of benzene rings is 2. The SMILES string of the molecule is COc1cc(/C=C(\C#N)c2nc3ccccc3[nH]2)ccc1O[C@H](C)C(=O)O. The first kappa shape index (κ1) is 18.0. The Morgan fingerprint density at radius 2 is 2.07 bits per heavy atom. The van der Waals surface area contributed by atoms with Crippen LogP contribution < -0.4 is 9.47 Å². The number of hydrogen-bond donors (Lipinski definition) is 2. The molecule has 27 heavy (non-hydrogen) atoms. The lowest BCUT2D eigenvalue weighted by molar-refractivity contribution is -0.144. The van der Waals surface area contributed by atoms with Crippen molar-refractivity contribution in [3.8, 4) is 17.6 Å². The summed E-state index contributed by atoms with van der Waals surface area (Å²) < 4.78 is 10.7. The van der Waals surface area contributed by atoms with Gasteiger partial charge in [-0.1, -0.05) is 18.2 Å². The molecule has 0 saturated carbocycles. The van der Waals surface area contributed by atoms with E-state index in [4.69, 9.17) is 14.6 Å². The minimum Gasteiger partial charge on any atom is -0.493 e. The van der Waals surface area contributed by atoms with Gasteiger partial charge in [-0.2, -0.15) is 5.26 Å². The van der Waals surface area contributed by atoms with E-state index in [1.165, 1.54) is 14.0 Å². The zero-order valence-corrected chi connectivity index (χ0v) is 14.8. The lowest BCUT2D eigenvalue weighted by Crippen LogP contribution is -2.23. The molecule has 1 aromatic heterocycles. The smallest absolute Gasteiger partial charge is 0.344 e. The van der Waals surface area contributed by atoms with Gasteiger partial charge in [0.1, 0.15) is 11.9 Å². The minimum absolute atomic E-state index is 0.312. The van der Waals surface area contributed by atoms with Crippen LogP contribution in [0.2, 0.25) is 0 Å². The largest absolute Gasteiger partial charge is 0.493 e. The predicted molar refractivity (Wildman–Crippen MR) is 100 cm³/mol. The van der Waals surface area contributed by atoms with Gasteiger partial charge < -0.3 is 19.6 Å². The molecule has 7 heteroatoms. The van der Waals surface area contributed by atoms with E-state index >= 15 is 0 Å². The van der Waals surface area contributed by atoms with Crippen molar-refractivity contribution in [2.24, 2.45) is 0 Å². The summed E-state index contributed by atoms with van der Waals surface area (Å²) in [5.41, 5.74) is 2.68. The summed E-state index contributed by atoms with van der Waals surface area (Å²) in [6.45, 7) is 1.44. The van der Waals surface area contributed by atoms with E-state index in [1.807, 2.05) is 24.3 Å². The molecular weight excluding hydrogens is 346 g/mol. The molecule has 0 fully saturated rings. The Hall–Kier alpha value is -3.79. The predicted octanol–water partition coefficient (Wildman–Crippen LogP) is 3.49. The third-order valence-corrected chi connectivity index (χ3v) is 3.92. The highest BCUT2D eigenvalue weighted by Crippen LogP contribution is 2.30. The molecule has 0 bridgehead atoms. The number of allylic oxidation sites excluding steroid dienone is 1. The summed E-state index contributed by atoms with van der Waals surface area (Å²) in [7, 11) is 1.46. The number of ether oxygens (including phenoxy) is 2. The van der Waals surface area contributed by atoms with E-state index in [2.05, 4.69) is 16.0 Å². The average molecular weight is 363 g/mol. The second-order valence-electron chi connectivity index (χ2n) is 5.78. The van der Waals surface area contributed by atoms with Crippen LogP contribution in [0.1, 0.15) is 18.3 Å². The van der Waals surface area contributed by atoms with Crippen molar-refractivity contribution in [2.45, 2.75) is 13.0 Å². The van der Waals surface area contributed by atoms with Gasteiger partial charge in [0.05, 0.1) is 23.7 Å². The lowest BCUT2D eigenvalue weighted by Gasteiger charge is -2.14. The number of rotatable bonds is 6. The van der Waals surface area contributed by atoms with Crippen molar-refractivity contribution in [3.63, 3.8) is 0 Å². The van der Waals surface area contributed by atoms with Crippen molar-refractivity contribution in [1.29, 1.82) is 5.26 Å². The number of fused-ring (bicyclic) bond motifs is 1. The number of H-pyrrole nitrogens is 1. The maximum atomic E-state index is 11.0. The van der Waals surface area contributed by atoms with Crippen LogP contribution in [0.25, 0.3) is 22.7 Å². The zero-order valence-electron chi connectivity index (χ0n) is 14.8. The van der Waals surface area contributed by atoms with Gasteiger partial charge in [-0.25, -0.2) is 9.78 Å². The van der Waals surface area contributed by atoms with E-state index in [9.17, 15) is 10.1 Å². The average Bonchev–Trinajstić information content (AvgIpc) is 3.10. The highest BCUT2D eigenvalue weighted by atomic mass is 16.5. The third kappa shape index (κ3) is 3.90. The summed E-state index contributed by atoms with van der Waals surface area (Å²) in [6.07, 6.45) is 0.662. The number of aliphatic carboxylic acids is 1. The molecular formula is C20H17N3O4. The molecule has 2 N–H and O–H groups in total. The molecule has 136 valence electrons. The first-order valence-corrected chi connectivity index (χ1v) is 8.16.